The van der Waals surface area contributed by atoms with Crippen LogP contribution < -0.4 is 5.73 Å². The van der Waals surface area contributed by atoms with Crippen molar-refractivity contribution in [1.82, 2.24) is 0 Å². The summed E-state index contributed by atoms with van der Waals surface area (Å²) in [4.78, 5) is 0. The maximum atomic E-state index is 13.7. The molecule has 98 valence electrons. The third-order valence-electron chi connectivity index (χ3n) is 2.17. The Morgan fingerprint density at radius 3 is 2.83 bits per heavy atom. The van der Waals surface area contributed by atoms with Gasteiger partial charge in [-0.1, -0.05) is 17.9 Å². The summed E-state index contributed by atoms with van der Waals surface area (Å²) in [7, 11) is 0. The van der Waals surface area contributed by atoms with Crippen LogP contribution in [0.2, 0.25) is 0 Å². The van der Waals surface area contributed by atoms with Crippen molar-refractivity contribution in [3.8, 4) is 11.8 Å². The molecule has 0 aliphatic rings. The van der Waals surface area contributed by atoms with Crippen molar-refractivity contribution < 1.29 is 14.6 Å². The largest absolute Gasteiger partial charge is 0.394 e. The van der Waals surface area contributed by atoms with E-state index in [2.05, 4.69) is 11.8 Å². The van der Waals surface area contributed by atoms with E-state index in [0.717, 1.165) is 0 Å². The van der Waals surface area contributed by atoms with E-state index in [-0.39, 0.29) is 19.0 Å². The number of hydrogen-bond acceptors (Lipinski definition) is 4. The molecule has 0 saturated heterocycles. The molecule has 3 nitrogen and oxygen atoms in total. The maximum Gasteiger partial charge on any atom is 0.128 e. The molecule has 0 amide bonds. The Kier molecular flexibility index (Phi) is 6.76. The van der Waals surface area contributed by atoms with E-state index in [9.17, 15) is 4.39 Å². The lowest BCUT2D eigenvalue weighted by atomic mass is 10.1. The molecule has 1 unspecified atom stereocenters. The summed E-state index contributed by atoms with van der Waals surface area (Å²) >= 11 is 1.37. The quantitative estimate of drug-likeness (QED) is 0.689. The summed E-state index contributed by atoms with van der Waals surface area (Å²) in [5, 5.41) is 17.8. The van der Waals surface area contributed by atoms with E-state index in [1.165, 1.54) is 17.8 Å². The molecule has 0 bridgehead atoms. The highest BCUT2D eigenvalue weighted by Gasteiger charge is 2.06. The van der Waals surface area contributed by atoms with Gasteiger partial charge in [0, 0.05) is 17.1 Å². The van der Waals surface area contributed by atoms with Crippen LogP contribution in [0.25, 0.3) is 0 Å². The number of aliphatic hydroxyl groups excluding tert-OH is 2. The van der Waals surface area contributed by atoms with Crippen LogP contribution in [0.3, 0.4) is 0 Å². The van der Waals surface area contributed by atoms with Crippen LogP contribution in [0.4, 0.5) is 4.39 Å². The SMILES string of the molecule is NCC#Cc1ccc(CSCC(O)CO)c(F)c1. The molecule has 0 aliphatic heterocycles. The monoisotopic (exact) mass is 269 g/mol. The highest BCUT2D eigenvalue weighted by atomic mass is 32.2. The molecular weight excluding hydrogens is 253 g/mol. The van der Waals surface area contributed by atoms with Gasteiger partial charge in [-0.15, -0.1) is 0 Å². The van der Waals surface area contributed by atoms with Gasteiger partial charge in [-0.2, -0.15) is 11.8 Å². The summed E-state index contributed by atoms with van der Waals surface area (Å²) in [6.07, 6.45) is -0.757. The molecule has 1 aromatic rings. The lowest BCUT2D eigenvalue weighted by molar-refractivity contribution is 0.113. The van der Waals surface area contributed by atoms with E-state index >= 15 is 0 Å². The van der Waals surface area contributed by atoms with Crippen LogP contribution in [-0.4, -0.2) is 35.2 Å². The Morgan fingerprint density at radius 2 is 2.22 bits per heavy atom. The fourth-order valence-corrected chi connectivity index (χ4v) is 2.20. The first-order chi connectivity index (χ1) is 8.67. The third-order valence-corrected chi connectivity index (χ3v) is 3.30. The van der Waals surface area contributed by atoms with E-state index in [1.807, 2.05) is 0 Å². The van der Waals surface area contributed by atoms with Gasteiger partial charge in [-0.05, 0) is 17.7 Å². The van der Waals surface area contributed by atoms with Crippen molar-refractivity contribution >= 4 is 11.8 Å². The second kappa shape index (κ2) is 8.11. The van der Waals surface area contributed by atoms with E-state index in [0.29, 0.717) is 22.6 Å². The van der Waals surface area contributed by atoms with Crippen molar-refractivity contribution in [2.24, 2.45) is 5.73 Å². The van der Waals surface area contributed by atoms with Gasteiger partial charge in [0.05, 0.1) is 19.3 Å². The van der Waals surface area contributed by atoms with Crippen LogP contribution in [0, 0.1) is 17.7 Å². The molecule has 1 aromatic carbocycles. The normalized spacial score (nSPS) is 11.8. The highest BCUT2D eigenvalue weighted by molar-refractivity contribution is 7.98. The van der Waals surface area contributed by atoms with Gasteiger partial charge in [0.1, 0.15) is 5.82 Å². The first kappa shape index (κ1) is 15.0. The molecule has 1 atom stereocenters. The molecule has 18 heavy (non-hydrogen) atoms. The number of benzene rings is 1. The summed E-state index contributed by atoms with van der Waals surface area (Å²) in [6, 6.07) is 4.79. The van der Waals surface area contributed by atoms with Crippen molar-refractivity contribution in [1.29, 1.82) is 0 Å². The first-order valence-electron chi connectivity index (χ1n) is 5.51. The van der Waals surface area contributed by atoms with Crippen LogP contribution in [0.5, 0.6) is 0 Å². The number of hydrogen-bond donors (Lipinski definition) is 3. The minimum absolute atomic E-state index is 0.248. The Labute approximate surface area is 110 Å². The Bertz CT molecular complexity index is 442. The number of rotatable bonds is 5. The fourth-order valence-electron chi connectivity index (χ4n) is 1.25. The standard InChI is InChI=1S/C13H16FNO2S/c14-13-6-10(2-1-5-15)3-4-11(13)8-18-9-12(17)7-16/h3-4,6,12,16-17H,5,7-9,15H2. The molecule has 0 heterocycles. The second-order valence-electron chi connectivity index (χ2n) is 3.66. The lowest BCUT2D eigenvalue weighted by Gasteiger charge is -2.07. The number of halogens is 1. The van der Waals surface area contributed by atoms with Crippen LogP contribution in [-0.2, 0) is 5.75 Å². The zero-order valence-electron chi connectivity index (χ0n) is 9.90. The zero-order valence-corrected chi connectivity index (χ0v) is 10.7. The number of thioether (sulfide) groups is 1. The van der Waals surface area contributed by atoms with Crippen molar-refractivity contribution in [3.05, 3.63) is 35.1 Å². The van der Waals surface area contributed by atoms with E-state index in [4.69, 9.17) is 15.9 Å². The Morgan fingerprint density at radius 1 is 1.44 bits per heavy atom. The van der Waals surface area contributed by atoms with Crippen molar-refractivity contribution in [2.45, 2.75) is 11.9 Å². The topological polar surface area (TPSA) is 66.5 Å². The van der Waals surface area contributed by atoms with Gasteiger partial charge in [0.25, 0.3) is 0 Å². The van der Waals surface area contributed by atoms with Gasteiger partial charge in [-0.25, -0.2) is 4.39 Å². The fraction of sp³-hybridized carbons (Fsp3) is 0.385. The molecule has 5 heteroatoms. The van der Waals surface area contributed by atoms with Crippen LogP contribution in [0.1, 0.15) is 11.1 Å². The van der Waals surface area contributed by atoms with E-state index < -0.39 is 6.10 Å². The minimum Gasteiger partial charge on any atom is -0.394 e. The van der Waals surface area contributed by atoms with Gasteiger partial charge >= 0.3 is 0 Å². The summed E-state index contributed by atoms with van der Waals surface area (Å²) in [5.74, 6) is 5.94. The predicted octanol–water partition coefficient (Wildman–Crippen LogP) is 0.722. The Balaban J connectivity index is 2.57. The molecule has 0 fully saturated rings. The molecule has 0 spiro atoms. The van der Waals surface area contributed by atoms with Gasteiger partial charge < -0.3 is 15.9 Å². The smallest absolute Gasteiger partial charge is 0.128 e. The molecule has 0 aromatic heterocycles. The number of aliphatic hydroxyl groups is 2. The summed E-state index contributed by atoms with van der Waals surface area (Å²) in [6.45, 7) is -0.0264. The molecule has 4 N–H and O–H groups in total. The molecule has 1 rings (SSSR count). The molecular formula is C13H16FNO2S. The first-order valence-corrected chi connectivity index (χ1v) is 6.67. The lowest BCUT2D eigenvalue weighted by Crippen LogP contribution is -2.14. The second-order valence-corrected chi connectivity index (χ2v) is 4.69. The van der Waals surface area contributed by atoms with Crippen molar-refractivity contribution in [2.75, 3.05) is 18.9 Å². The summed E-state index contributed by atoms with van der Waals surface area (Å²) in [5.41, 5.74) is 6.39. The predicted molar refractivity (Wildman–Crippen MR) is 71.6 cm³/mol. The Hall–Kier alpha value is -1.06. The van der Waals surface area contributed by atoms with Crippen molar-refractivity contribution in [3.63, 3.8) is 0 Å². The third kappa shape index (κ3) is 5.07. The number of nitrogens with two attached hydrogens (primary N) is 1. The minimum atomic E-state index is -0.757. The average molecular weight is 269 g/mol. The van der Waals surface area contributed by atoms with Gasteiger partial charge in [0.2, 0.25) is 0 Å². The van der Waals surface area contributed by atoms with Crippen LogP contribution in [0.15, 0.2) is 18.2 Å². The van der Waals surface area contributed by atoms with Gasteiger partial charge in [0.15, 0.2) is 0 Å². The molecule has 0 aliphatic carbocycles. The van der Waals surface area contributed by atoms with Gasteiger partial charge in [-0.3, -0.25) is 0 Å². The highest BCUT2D eigenvalue weighted by Crippen LogP contribution is 2.17. The van der Waals surface area contributed by atoms with E-state index in [1.54, 1.807) is 12.1 Å². The van der Waals surface area contributed by atoms with Crippen LogP contribution >= 0.6 is 11.8 Å². The maximum absolute atomic E-state index is 13.7. The average Bonchev–Trinajstić information content (AvgIpc) is 2.38. The molecule has 0 radical (unpaired) electrons. The molecule has 0 saturated carbocycles. The zero-order chi connectivity index (χ0) is 13.4. The summed E-state index contributed by atoms with van der Waals surface area (Å²) < 4.78 is 13.7.